The number of hydrogen-bond donors (Lipinski definition) is 0. The average Bonchev–Trinajstić information content (AvgIpc) is 3.41. The Labute approximate surface area is 463 Å². The Morgan fingerprint density at radius 2 is 0.533 bits per heavy atom. The van der Waals surface area contributed by atoms with E-state index in [0.717, 1.165) is 122 Å². The molecule has 0 rings (SSSR count). The van der Waals surface area contributed by atoms with Gasteiger partial charge in [-0.25, -0.2) is 0 Å². The van der Waals surface area contributed by atoms with Crippen LogP contribution in [0.2, 0.25) is 0 Å². The lowest BCUT2D eigenvalue weighted by Gasteiger charge is -2.18. The molecule has 6 heteroatoms. The largest absolute Gasteiger partial charge is 0.462 e. The second-order valence-corrected chi connectivity index (χ2v) is 20.6. The van der Waals surface area contributed by atoms with E-state index in [-0.39, 0.29) is 31.1 Å². The molecule has 6 nitrogen and oxygen atoms in total. The summed E-state index contributed by atoms with van der Waals surface area (Å²) in [5.74, 6) is -0.909. The van der Waals surface area contributed by atoms with Crippen molar-refractivity contribution in [2.75, 3.05) is 13.2 Å². The first-order chi connectivity index (χ1) is 37.0. The van der Waals surface area contributed by atoms with Crippen molar-refractivity contribution < 1.29 is 28.6 Å². The van der Waals surface area contributed by atoms with Crippen LogP contribution < -0.4 is 0 Å². The minimum Gasteiger partial charge on any atom is -0.462 e. The van der Waals surface area contributed by atoms with E-state index in [1.54, 1.807) is 0 Å². The van der Waals surface area contributed by atoms with Gasteiger partial charge in [0.25, 0.3) is 0 Å². The van der Waals surface area contributed by atoms with Gasteiger partial charge in [-0.2, -0.15) is 0 Å². The number of rotatable bonds is 56. The van der Waals surface area contributed by atoms with Crippen molar-refractivity contribution in [3.8, 4) is 0 Å². The van der Waals surface area contributed by atoms with Gasteiger partial charge in [-0.05, 0) is 122 Å². The highest BCUT2D eigenvalue weighted by Crippen LogP contribution is 2.15. The van der Waals surface area contributed by atoms with E-state index in [0.29, 0.717) is 19.3 Å². The van der Waals surface area contributed by atoms with Crippen molar-refractivity contribution in [1.82, 2.24) is 0 Å². The van der Waals surface area contributed by atoms with Crippen LogP contribution in [0.25, 0.3) is 0 Å². The maximum atomic E-state index is 12.9. The van der Waals surface area contributed by atoms with Gasteiger partial charge in [0, 0.05) is 19.3 Å². The molecule has 0 aliphatic carbocycles. The van der Waals surface area contributed by atoms with Crippen LogP contribution in [0.4, 0.5) is 0 Å². The van der Waals surface area contributed by atoms with Gasteiger partial charge in [0.1, 0.15) is 13.2 Å². The van der Waals surface area contributed by atoms with Crippen LogP contribution in [-0.4, -0.2) is 37.2 Å². The zero-order valence-electron chi connectivity index (χ0n) is 49.0. The molecule has 0 N–H and O–H groups in total. The number of ether oxygens (including phenoxy) is 3. The molecule has 0 aliphatic rings. The molecule has 0 amide bonds. The third-order valence-electron chi connectivity index (χ3n) is 13.2. The maximum Gasteiger partial charge on any atom is 0.306 e. The molecule has 428 valence electrons. The van der Waals surface area contributed by atoms with Crippen LogP contribution in [0, 0.1) is 0 Å². The van der Waals surface area contributed by atoms with Gasteiger partial charge < -0.3 is 14.2 Å². The highest BCUT2D eigenvalue weighted by Gasteiger charge is 2.19. The standard InChI is InChI=1S/C69H116O6/c1-4-7-10-13-16-19-22-24-26-28-30-31-32-33-34-35-36-37-39-40-42-44-47-50-53-56-59-62-68(71)74-65-66(64-73-67(70)61-58-55-52-49-46-21-18-15-12-9-6-3)75-69(72)63-60-57-54-51-48-45-43-41-38-29-27-25-23-20-17-14-11-8-5-2/h7,10,15-20,24-27,30-31,33-34,38,41,66H,4-6,8-9,11-14,21-23,28-29,32,35-37,39-40,42-65H2,1-3H3/b10-7-,18-15-,19-16-,20-17-,26-24-,27-25-,31-30-,34-33-,41-38-. The summed E-state index contributed by atoms with van der Waals surface area (Å²) in [5.41, 5.74) is 0. The van der Waals surface area contributed by atoms with Crippen LogP contribution in [0.3, 0.4) is 0 Å². The number of hydrogen-bond acceptors (Lipinski definition) is 6. The van der Waals surface area contributed by atoms with E-state index in [9.17, 15) is 14.4 Å². The molecule has 0 heterocycles. The number of unbranched alkanes of at least 4 members (excludes halogenated alkanes) is 27. The third kappa shape index (κ3) is 60.8. The smallest absolute Gasteiger partial charge is 0.306 e. The Hall–Kier alpha value is -3.93. The zero-order chi connectivity index (χ0) is 54.3. The summed E-state index contributed by atoms with van der Waals surface area (Å²) in [4.78, 5) is 38.2. The number of esters is 3. The highest BCUT2D eigenvalue weighted by atomic mass is 16.6. The van der Waals surface area contributed by atoms with Crippen LogP contribution in [0.5, 0.6) is 0 Å². The first-order valence-electron chi connectivity index (χ1n) is 31.4. The lowest BCUT2D eigenvalue weighted by atomic mass is 10.0. The van der Waals surface area contributed by atoms with Crippen molar-refractivity contribution in [2.24, 2.45) is 0 Å². The molecule has 0 aromatic heterocycles. The van der Waals surface area contributed by atoms with Crippen LogP contribution in [0.1, 0.15) is 290 Å². The summed E-state index contributed by atoms with van der Waals surface area (Å²) >= 11 is 0. The molecule has 0 radical (unpaired) electrons. The van der Waals surface area contributed by atoms with Gasteiger partial charge >= 0.3 is 17.9 Å². The molecule has 0 aromatic carbocycles. The summed E-state index contributed by atoms with van der Waals surface area (Å²) in [6, 6.07) is 0. The maximum absolute atomic E-state index is 12.9. The van der Waals surface area contributed by atoms with Crippen molar-refractivity contribution in [2.45, 2.75) is 297 Å². The Balaban J connectivity index is 4.30. The first kappa shape index (κ1) is 71.1. The Kier molecular flexibility index (Phi) is 59.3. The van der Waals surface area contributed by atoms with Crippen LogP contribution >= 0.6 is 0 Å². The molecule has 0 fully saturated rings. The van der Waals surface area contributed by atoms with E-state index in [4.69, 9.17) is 14.2 Å². The molecule has 0 aliphatic heterocycles. The summed E-state index contributed by atoms with van der Waals surface area (Å²) in [6.07, 6.45) is 85.2. The summed E-state index contributed by atoms with van der Waals surface area (Å²) < 4.78 is 16.9. The minimum absolute atomic E-state index is 0.0879. The highest BCUT2D eigenvalue weighted by molar-refractivity contribution is 5.71. The lowest BCUT2D eigenvalue weighted by Crippen LogP contribution is -2.30. The van der Waals surface area contributed by atoms with E-state index < -0.39 is 6.10 Å². The van der Waals surface area contributed by atoms with Crippen molar-refractivity contribution >= 4 is 17.9 Å². The second kappa shape index (κ2) is 62.6. The zero-order valence-corrected chi connectivity index (χ0v) is 49.0. The monoisotopic (exact) mass is 1040 g/mol. The molecule has 0 spiro atoms. The Bertz CT molecular complexity index is 1520. The molecule has 1 unspecified atom stereocenters. The molecule has 0 saturated heterocycles. The normalized spacial score (nSPS) is 12.8. The average molecular weight is 1040 g/mol. The van der Waals surface area contributed by atoms with E-state index in [1.165, 1.54) is 128 Å². The number of carbonyl (C=O) groups excluding carboxylic acids is 3. The molecule has 0 aromatic rings. The lowest BCUT2D eigenvalue weighted by molar-refractivity contribution is -0.167. The quantitative estimate of drug-likeness (QED) is 0.0261. The van der Waals surface area contributed by atoms with Crippen molar-refractivity contribution in [1.29, 1.82) is 0 Å². The fourth-order valence-corrected chi connectivity index (χ4v) is 8.52. The van der Waals surface area contributed by atoms with Crippen LogP contribution in [0.15, 0.2) is 109 Å². The number of carbonyl (C=O) groups is 3. The van der Waals surface area contributed by atoms with Gasteiger partial charge in [-0.1, -0.05) is 259 Å². The fraction of sp³-hybridized carbons (Fsp3) is 0.696. The Morgan fingerprint density at radius 3 is 0.867 bits per heavy atom. The number of allylic oxidation sites excluding steroid dienone is 18. The van der Waals surface area contributed by atoms with E-state index >= 15 is 0 Å². The fourth-order valence-electron chi connectivity index (χ4n) is 8.52. The summed E-state index contributed by atoms with van der Waals surface area (Å²) in [5, 5.41) is 0. The van der Waals surface area contributed by atoms with Gasteiger partial charge in [-0.3, -0.25) is 14.4 Å². The molecule has 0 bridgehead atoms. The predicted molar refractivity (Wildman–Crippen MR) is 325 cm³/mol. The van der Waals surface area contributed by atoms with Crippen LogP contribution in [-0.2, 0) is 28.6 Å². The first-order valence-corrected chi connectivity index (χ1v) is 31.4. The topological polar surface area (TPSA) is 78.9 Å². The van der Waals surface area contributed by atoms with Gasteiger partial charge in [0.15, 0.2) is 6.10 Å². The SMILES string of the molecule is CC/C=C\C/C=C\C/C=C\C/C=C\C/C=C\CCCCCCCCCCCCCC(=O)OCC(COC(=O)CCCCCCC/C=C\CCCC)OC(=O)CCCCCCCC/C=C\C/C=C\C/C=C\CCCCC. The minimum atomic E-state index is -0.791. The molecular weight excluding hydrogens is 925 g/mol. The Morgan fingerprint density at radius 1 is 0.280 bits per heavy atom. The van der Waals surface area contributed by atoms with Gasteiger partial charge in [0.05, 0.1) is 0 Å². The second-order valence-electron chi connectivity index (χ2n) is 20.6. The molecule has 0 saturated carbocycles. The molecule has 1 atom stereocenters. The summed E-state index contributed by atoms with van der Waals surface area (Å²) in [6.45, 7) is 6.45. The predicted octanol–water partition coefficient (Wildman–Crippen LogP) is 21.4. The van der Waals surface area contributed by atoms with E-state index in [2.05, 4.69) is 130 Å². The van der Waals surface area contributed by atoms with Crippen molar-refractivity contribution in [3.05, 3.63) is 109 Å². The van der Waals surface area contributed by atoms with Gasteiger partial charge in [0.2, 0.25) is 0 Å². The third-order valence-corrected chi connectivity index (χ3v) is 13.2. The molecule has 75 heavy (non-hydrogen) atoms. The van der Waals surface area contributed by atoms with Gasteiger partial charge in [-0.15, -0.1) is 0 Å². The van der Waals surface area contributed by atoms with Crippen molar-refractivity contribution in [3.63, 3.8) is 0 Å². The molecular formula is C69H116O6. The summed E-state index contributed by atoms with van der Waals surface area (Å²) in [7, 11) is 0. The van der Waals surface area contributed by atoms with E-state index in [1.807, 2.05) is 0 Å².